The van der Waals surface area contributed by atoms with Crippen LogP contribution in [0, 0.1) is 11.3 Å². The number of hydrogen-bond acceptors (Lipinski definition) is 9. The van der Waals surface area contributed by atoms with Crippen molar-refractivity contribution in [2.45, 2.75) is 38.9 Å². The number of ether oxygens (including phenoxy) is 1. The highest BCUT2D eigenvalue weighted by molar-refractivity contribution is 5.80. The molecule has 1 aliphatic rings. The van der Waals surface area contributed by atoms with Gasteiger partial charge in [0.2, 0.25) is 11.7 Å². The van der Waals surface area contributed by atoms with E-state index in [1.807, 2.05) is 19.9 Å². The third-order valence-electron chi connectivity index (χ3n) is 6.14. The molecule has 0 saturated heterocycles. The molecule has 0 fully saturated rings. The monoisotopic (exact) mass is 505 g/mol. The minimum absolute atomic E-state index is 0.0466. The Morgan fingerprint density at radius 3 is 2.68 bits per heavy atom. The van der Waals surface area contributed by atoms with Crippen LogP contribution >= 0.6 is 0 Å². The lowest BCUT2D eigenvalue weighted by Crippen LogP contribution is -2.44. The summed E-state index contributed by atoms with van der Waals surface area (Å²) in [4.78, 5) is 18.6. The van der Waals surface area contributed by atoms with E-state index in [4.69, 9.17) is 14.4 Å². The molecular weight excluding hydrogens is 474 g/mol. The maximum atomic E-state index is 11.9. The average molecular weight is 506 g/mol. The van der Waals surface area contributed by atoms with Crippen molar-refractivity contribution in [1.82, 2.24) is 20.4 Å². The lowest BCUT2D eigenvalue weighted by molar-refractivity contribution is -0.130. The van der Waals surface area contributed by atoms with Crippen molar-refractivity contribution in [2.75, 3.05) is 32.8 Å². The molecule has 1 amide bonds. The molecule has 0 saturated carbocycles. The summed E-state index contributed by atoms with van der Waals surface area (Å²) in [5.41, 5.74) is 4.22. The third kappa shape index (κ3) is 6.51. The van der Waals surface area contributed by atoms with Crippen molar-refractivity contribution >= 4 is 5.91 Å². The zero-order valence-corrected chi connectivity index (χ0v) is 21.0. The number of aliphatic hydroxyl groups excluding tert-OH is 2. The van der Waals surface area contributed by atoms with Gasteiger partial charge in [-0.1, -0.05) is 17.3 Å². The smallest absolute Gasteiger partial charge is 0.258 e. The number of benzene rings is 2. The predicted molar refractivity (Wildman–Crippen MR) is 136 cm³/mol. The van der Waals surface area contributed by atoms with Gasteiger partial charge in [-0.25, -0.2) is 0 Å². The molecule has 1 unspecified atom stereocenters. The van der Waals surface area contributed by atoms with Gasteiger partial charge in [0.05, 0.1) is 18.3 Å². The van der Waals surface area contributed by atoms with Crippen LogP contribution < -0.4 is 10.1 Å². The maximum Gasteiger partial charge on any atom is 0.258 e. The molecule has 1 aliphatic heterocycles. The number of aliphatic hydroxyl groups is 2. The summed E-state index contributed by atoms with van der Waals surface area (Å²) in [6, 6.07) is 13.4. The second-order valence-corrected chi connectivity index (χ2v) is 9.23. The van der Waals surface area contributed by atoms with Gasteiger partial charge in [0, 0.05) is 37.3 Å². The Hall–Kier alpha value is -3.78. The largest absolute Gasteiger partial charge is 0.490 e. The molecule has 10 heteroatoms. The molecule has 0 radical (unpaired) electrons. The zero-order valence-electron chi connectivity index (χ0n) is 21.0. The number of fused-ring (bicyclic) bond motifs is 1. The Labute approximate surface area is 215 Å². The van der Waals surface area contributed by atoms with Crippen LogP contribution in [0.4, 0.5) is 0 Å². The van der Waals surface area contributed by atoms with Gasteiger partial charge in [0.25, 0.3) is 5.89 Å². The molecule has 1 aromatic heterocycles. The molecule has 3 N–H and O–H groups in total. The lowest BCUT2D eigenvalue weighted by atomic mass is 10.00. The lowest BCUT2D eigenvalue weighted by Gasteiger charge is -2.22. The van der Waals surface area contributed by atoms with E-state index < -0.39 is 12.0 Å². The Morgan fingerprint density at radius 2 is 1.95 bits per heavy atom. The number of hydrogen-bond donors (Lipinski definition) is 3. The fourth-order valence-electron chi connectivity index (χ4n) is 4.28. The Morgan fingerprint density at radius 1 is 1.19 bits per heavy atom. The summed E-state index contributed by atoms with van der Waals surface area (Å²) in [5, 5.41) is 35.2. The first kappa shape index (κ1) is 26.3. The van der Waals surface area contributed by atoms with Crippen molar-refractivity contribution in [3.8, 4) is 34.7 Å². The van der Waals surface area contributed by atoms with E-state index >= 15 is 0 Å². The second-order valence-electron chi connectivity index (χ2n) is 9.23. The van der Waals surface area contributed by atoms with Crippen LogP contribution in [0.5, 0.6) is 5.75 Å². The van der Waals surface area contributed by atoms with Gasteiger partial charge in [-0.3, -0.25) is 9.69 Å². The van der Waals surface area contributed by atoms with Crippen LogP contribution in [-0.4, -0.2) is 76.2 Å². The summed E-state index contributed by atoms with van der Waals surface area (Å²) in [7, 11) is 0. The number of carbonyl (C=O) groups excluding carboxylic acids is 1. The molecule has 3 aromatic rings. The van der Waals surface area contributed by atoms with Crippen LogP contribution in [0.1, 0.15) is 30.5 Å². The third-order valence-corrected chi connectivity index (χ3v) is 6.14. The summed E-state index contributed by atoms with van der Waals surface area (Å²) in [5.74, 6) is 0.808. The quantitative estimate of drug-likeness (QED) is 0.397. The predicted octanol–water partition coefficient (Wildman–Crippen LogP) is 1.93. The van der Waals surface area contributed by atoms with E-state index in [0.29, 0.717) is 35.1 Å². The standard InChI is InChI=1S/C27H31N5O5/c1-17(2)36-24-6-5-21(14-22(24)15-28)27-30-25(31-37-27)20-4-3-18-7-10-32(11-8-19(18)13-20)16-23(34)26(35)29-9-12-33/h3-6,13-14,17,23,33-34H,7-12,16H2,1-2H3,(H,29,35). The Kier molecular flexibility index (Phi) is 8.50. The summed E-state index contributed by atoms with van der Waals surface area (Å²) in [6.07, 6.45) is 0.352. The fraction of sp³-hybridized carbons (Fsp3) is 0.407. The van der Waals surface area contributed by atoms with Gasteiger partial charge in [-0.15, -0.1) is 0 Å². The van der Waals surface area contributed by atoms with Crippen molar-refractivity contribution in [3.63, 3.8) is 0 Å². The molecule has 1 atom stereocenters. The number of aromatic nitrogens is 2. The van der Waals surface area contributed by atoms with Gasteiger partial charge in [0.1, 0.15) is 17.9 Å². The van der Waals surface area contributed by atoms with E-state index in [0.717, 1.165) is 30.5 Å². The number of β-amino-alcohol motifs (C(OH)–C–C–N with tert-alkyl or cyclic N) is 1. The van der Waals surface area contributed by atoms with E-state index in [1.54, 1.807) is 18.2 Å². The molecule has 194 valence electrons. The van der Waals surface area contributed by atoms with Crippen LogP contribution in [0.2, 0.25) is 0 Å². The normalized spacial score (nSPS) is 14.5. The molecular formula is C27H31N5O5. The Bertz CT molecular complexity index is 1280. The highest BCUT2D eigenvalue weighted by atomic mass is 16.5. The van der Waals surface area contributed by atoms with E-state index in [-0.39, 0.29) is 25.8 Å². The number of nitrogens with zero attached hydrogens (tertiary/aromatic N) is 4. The highest BCUT2D eigenvalue weighted by Crippen LogP contribution is 2.29. The van der Waals surface area contributed by atoms with Crippen LogP contribution in [0.3, 0.4) is 0 Å². The number of nitriles is 1. The second kappa shape index (κ2) is 12.0. The number of rotatable bonds is 9. The van der Waals surface area contributed by atoms with Crippen molar-refractivity contribution < 1.29 is 24.3 Å². The van der Waals surface area contributed by atoms with Crippen LogP contribution in [-0.2, 0) is 17.6 Å². The van der Waals surface area contributed by atoms with Crippen molar-refractivity contribution in [3.05, 3.63) is 53.1 Å². The average Bonchev–Trinajstić information content (AvgIpc) is 3.30. The molecule has 0 bridgehead atoms. The summed E-state index contributed by atoms with van der Waals surface area (Å²) in [6.45, 7) is 5.42. The van der Waals surface area contributed by atoms with Gasteiger partial charge in [-0.2, -0.15) is 10.2 Å². The fourth-order valence-corrected chi connectivity index (χ4v) is 4.28. The Balaban J connectivity index is 1.45. The SMILES string of the molecule is CC(C)Oc1ccc(-c2nc(-c3ccc4c(c3)CCN(CC(O)C(=O)NCCO)CC4)no2)cc1C#N. The minimum Gasteiger partial charge on any atom is -0.490 e. The number of carbonyl (C=O) groups is 1. The molecule has 0 aliphatic carbocycles. The van der Waals surface area contributed by atoms with Crippen LogP contribution in [0.25, 0.3) is 22.8 Å². The number of nitrogens with one attached hydrogen (secondary N) is 1. The van der Waals surface area contributed by atoms with Gasteiger partial charge >= 0.3 is 0 Å². The van der Waals surface area contributed by atoms with E-state index in [9.17, 15) is 15.2 Å². The van der Waals surface area contributed by atoms with Gasteiger partial charge < -0.3 is 24.8 Å². The first-order valence-corrected chi connectivity index (χ1v) is 12.3. The van der Waals surface area contributed by atoms with E-state index in [1.165, 1.54) is 5.56 Å². The molecule has 4 rings (SSSR count). The van der Waals surface area contributed by atoms with Crippen molar-refractivity contribution in [2.24, 2.45) is 0 Å². The summed E-state index contributed by atoms with van der Waals surface area (Å²) >= 11 is 0. The highest BCUT2D eigenvalue weighted by Gasteiger charge is 2.22. The molecule has 0 spiro atoms. The summed E-state index contributed by atoms with van der Waals surface area (Å²) < 4.78 is 11.2. The molecule has 2 aromatic carbocycles. The topological polar surface area (TPSA) is 145 Å². The molecule has 37 heavy (non-hydrogen) atoms. The first-order chi connectivity index (χ1) is 17.9. The maximum absolute atomic E-state index is 11.9. The minimum atomic E-state index is -1.14. The molecule has 2 heterocycles. The van der Waals surface area contributed by atoms with Crippen molar-refractivity contribution in [1.29, 1.82) is 5.26 Å². The van der Waals surface area contributed by atoms with Gasteiger partial charge in [-0.05, 0) is 62.1 Å². The van der Waals surface area contributed by atoms with Gasteiger partial charge in [0.15, 0.2) is 0 Å². The zero-order chi connectivity index (χ0) is 26.4. The van der Waals surface area contributed by atoms with Crippen LogP contribution in [0.15, 0.2) is 40.9 Å². The first-order valence-electron chi connectivity index (χ1n) is 12.3. The molecule has 10 nitrogen and oxygen atoms in total. The van der Waals surface area contributed by atoms with E-state index in [2.05, 4.69) is 38.6 Å². The number of amides is 1.